The molecule has 4 N–H and O–H groups in total. The van der Waals surface area contributed by atoms with Crippen molar-refractivity contribution in [3.63, 3.8) is 0 Å². The molecule has 2 rings (SSSR count). The molecule has 0 bridgehead atoms. The standard InChI is InChI=1S/C18H12O8/c19-15(20)11-4-6-12(16(21)22)10(8-11)3-1-9-2-5-13(17(23)24)14(7-9)18(25)26/h1-8H,(H,19,20)(H,21,22)(H,23,24)(H,25,26)/b3-1-. The Morgan fingerprint density at radius 3 is 1.73 bits per heavy atom. The van der Waals surface area contributed by atoms with Crippen LogP contribution in [-0.2, 0) is 0 Å². The Balaban J connectivity index is 2.50. The second-order valence-corrected chi connectivity index (χ2v) is 5.16. The lowest BCUT2D eigenvalue weighted by Gasteiger charge is -2.05. The molecule has 8 heteroatoms. The lowest BCUT2D eigenvalue weighted by Crippen LogP contribution is -2.08. The molecule has 0 aromatic heterocycles. The molecule has 0 aliphatic carbocycles. The van der Waals surface area contributed by atoms with Gasteiger partial charge in [-0.2, -0.15) is 0 Å². The average Bonchev–Trinajstić information content (AvgIpc) is 2.58. The number of aromatic carboxylic acids is 4. The minimum Gasteiger partial charge on any atom is -0.478 e. The zero-order chi connectivity index (χ0) is 19.4. The van der Waals surface area contributed by atoms with Crippen LogP contribution in [0.2, 0.25) is 0 Å². The number of rotatable bonds is 6. The molecule has 0 saturated carbocycles. The first-order valence-electron chi connectivity index (χ1n) is 7.10. The number of carbonyl (C=O) groups is 4. The molecule has 132 valence electrons. The molecule has 2 aromatic rings. The molecule has 0 atom stereocenters. The normalized spacial score (nSPS) is 10.6. The van der Waals surface area contributed by atoms with Crippen LogP contribution in [0.3, 0.4) is 0 Å². The third-order valence-electron chi connectivity index (χ3n) is 3.49. The van der Waals surface area contributed by atoms with Crippen LogP contribution >= 0.6 is 0 Å². The van der Waals surface area contributed by atoms with Gasteiger partial charge in [0.15, 0.2) is 0 Å². The van der Waals surface area contributed by atoms with E-state index in [0.717, 1.165) is 24.3 Å². The first-order valence-corrected chi connectivity index (χ1v) is 7.10. The van der Waals surface area contributed by atoms with Crippen molar-refractivity contribution in [3.05, 3.63) is 69.8 Å². The second-order valence-electron chi connectivity index (χ2n) is 5.16. The molecule has 0 saturated heterocycles. The summed E-state index contributed by atoms with van der Waals surface area (Å²) in [6, 6.07) is 7.09. The molecule has 0 aliphatic rings. The van der Waals surface area contributed by atoms with Crippen LogP contribution in [0.4, 0.5) is 0 Å². The van der Waals surface area contributed by atoms with E-state index < -0.39 is 29.4 Å². The quantitative estimate of drug-likeness (QED) is 0.577. The molecule has 0 fully saturated rings. The smallest absolute Gasteiger partial charge is 0.336 e. The van der Waals surface area contributed by atoms with E-state index in [-0.39, 0.29) is 22.3 Å². The fraction of sp³-hybridized carbons (Fsp3) is 0. The third kappa shape index (κ3) is 3.93. The van der Waals surface area contributed by atoms with Crippen molar-refractivity contribution in [2.24, 2.45) is 0 Å². The highest BCUT2D eigenvalue weighted by Gasteiger charge is 2.16. The summed E-state index contributed by atoms with van der Waals surface area (Å²) < 4.78 is 0. The number of benzene rings is 2. The summed E-state index contributed by atoms with van der Waals surface area (Å²) in [7, 11) is 0. The maximum atomic E-state index is 11.3. The SMILES string of the molecule is O=C(O)c1ccc(C(=O)O)c(/C=C\c2ccc(C(=O)O)c(C(=O)O)c2)c1. The van der Waals surface area contributed by atoms with Crippen LogP contribution in [0.5, 0.6) is 0 Å². The molecule has 0 aliphatic heterocycles. The van der Waals surface area contributed by atoms with Crippen molar-refractivity contribution in [2.45, 2.75) is 0 Å². The minimum atomic E-state index is -1.42. The maximum Gasteiger partial charge on any atom is 0.336 e. The van der Waals surface area contributed by atoms with Gasteiger partial charge in [0, 0.05) is 0 Å². The van der Waals surface area contributed by atoms with Crippen LogP contribution in [0.25, 0.3) is 12.2 Å². The van der Waals surface area contributed by atoms with Crippen LogP contribution in [0.1, 0.15) is 52.6 Å². The number of hydrogen-bond acceptors (Lipinski definition) is 4. The van der Waals surface area contributed by atoms with E-state index in [9.17, 15) is 24.3 Å². The highest BCUT2D eigenvalue weighted by Crippen LogP contribution is 2.18. The topological polar surface area (TPSA) is 149 Å². The van der Waals surface area contributed by atoms with Gasteiger partial charge >= 0.3 is 23.9 Å². The lowest BCUT2D eigenvalue weighted by atomic mass is 10.0. The fourth-order valence-corrected chi connectivity index (χ4v) is 2.24. The molecule has 8 nitrogen and oxygen atoms in total. The highest BCUT2D eigenvalue weighted by atomic mass is 16.4. The summed E-state index contributed by atoms with van der Waals surface area (Å²) in [5.74, 6) is -5.29. The zero-order valence-electron chi connectivity index (χ0n) is 13.0. The van der Waals surface area contributed by atoms with Gasteiger partial charge in [0.05, 0.1) is 22.3 Å². The van der Waals surface area contributed by atoms with E-state index in [4.69, 9.17) is 15.3 Å². The van der Waals surface area contributed by atoms with Crippen molar-refractivity contribution in [2.75, 3.05) is 0 Å². The van der Waals surface area contributed by atoms with Crippen LogP contribution in [0.15, 0.2) is 36.4 Å². The molecule has 0 spiro atoms. The first kappa shape index (κ1) is 18.4. The fourth-order valence-electron chi connectivity index (χ4n) is 2.24. The number of carboxylic acids is 4. The average molecular weight is 356 g/mol. The lowest BCUT2D eigenvalue weighted by molar-refractivity contribution is 0.0651. The van der Waals surface area contributed by atoms with Gasteiger partial charge in [0.1, 0.15) is 0 Å². The van der Waals surface area contributed by atoms with E-state index in [2.05, 4.69) is 0 Å². The summed E-state index contributed by atoms with van der Waals surface area (Å²) >= 11 is 0. The molecule has 26 heavy (non-hydrogen) atoms. The summed E-state index contributed by atoms with van der Waals surface area (Å²) in [6.07, 6.45) is 2.68. The largest absolute Gasteiger partial charge is 0.478 e. The van der Waals surface area contributed by atoms with Gasteiger partial charge in [-0.05, 0) is 41.5 Å². The Hall–Kier alpha value is -3.94. The summed E-state index contributed by atoms with van der Waals surface area (Å²) in [5.41, 5.74) is -0.624. The highest BCUT2D eigenvalue weighted by molar-refractivity contribution is 6.02. The van der Waals surface area contributed by atoms with Crippen molar-refractivity contribution in [3.8, 4) is 0 Å². The maximum absolute atomic E-state index is 11.3. The minimum absolute atomic E-state index is 0.108. The summed E-state index contributed by atoms with van der Waals surface area (Å²) in [5, 5.41) is 36.3. The van der Waals surface area contributed by atoms with Gasteiger partial charge in [-0.15, -0.1) is 0 Å². The molecule has 0 amide bonds. The van der Waals surface area contributed by atoms with E-state index in [1.165, 1.54) is 24.3 Å². The van der Waals surface area contributed by atoms with E-state index in [1.807, 2.05) is 0 Å². The Bertz CT molecular complexity index is 956. The second kappa shape index (κ2) is 7.31. The van der Waals surface area contributed by atoms with Gasteiger partial charge < -0.3 is 20.4 Å². The molecule has 0 unspecified atom stereocenters. The molecule has 0 heterocycles. The van der Waals surface area contributed by atoms with Gasteiger partial charge in [-0.1, -0.05) is 18.2 Å². The van der Waals surface area contributed by atoms with E-state index in [0.29, 0.717) is 5.56 Å². The zero-order valence-corrected chi connectivity index (χ0v) is 13.0. The van der Waals surface area contributed by atoms with Gasteiger partial charge in [-0.3, -0.25) is 0 Å². The van der Waals surface area contributed by atoms with Gasteiger partial charge in [0.25, 0.3) is 0 Å². The molecule has 2 aromatic carbocycles. The van der Waals surface area contributed by atoms with Crippen molar-refractivity contribution >= 4 is 36.0 Å². The predicted molar refractivity (Wildman–Crippen MR) is 89.6 cm³/mol. The van der Waals surface area contributed by atoms with Crippen LogP contribution < -0.4 is 0 Å². The first-order chi connectivity index (χ1) is 12.2. The monoisotopic (exact) mass is 356 g/mol. The van der Waals surface area contributed by atoms with Crippen molar-refractivity contribution in [1.82, 2.24) is 0 Å². The Morgan fingerprint density at radius 1 is 0.615 bits per heavy atom. The van der Waals surface area contributed by atoms with Crippen molar-refractivity contribution < 1.29 is 39.6 Å². The van der Waals surface area contributed by atoms with E-state index >= 15 is 0 Å². The van der Waals surface area contributed by atoms with E-state index in [1.54, 1.807) is 0 Å². The summed E-state index contributed by atoms with van der Waals surface area (Å²) in [6.45, 7) is 0. The number of carboxylic acid groups (broad SMARTS) is 4. The van der Waals surface area contributed by atoms with Gasteiger partial charge in [-0.25, -0.2) is 19.2 Å². The molecular weight excluding hydrogens is 344 g/mol. The third-order valence-corrected chi connectivity index (χ3v) is 3.49. The van der Waals surface area contributed by atoms with Crippen LogP contribution in [0, 0.1) is 0 Å². The Kier molecular flexibility index (Phi) is 5.17. The predicted octanol–water partition coefficient (Wildman–Crippen LogP) is 2.65. The summed E-state index contributed by atoms with van der Waals surface area (Å²) in [4.78, 5) is 44.5. The number of hydrogen-bond donors (Lipinski definition) is 4. The molecular formula is C18H12O8. The molecule has 0 radical (unpaired) electrons. The Morgan fingerprint density at radius 2 is 1.19 bits per heavy atom. The van der Waals surface area contributed by atoms with Crippen LogP contribution in [-0.4, -0.2) is 44.3 Å². The van der Waals surface area contributed by atoms with Crippen molar-refractivity contribution in [1.29, 1.82) is 0 Å². The Labute approximate surface area is 146 Å². The van der Waals surface area contributed by atoms with Gasteiger partial charge in [0.2, 0.25) is 0 Å².